The molecule has 0 saturated carbocycles. The average Bonchev–Trinajstić information content (AvgIpc) is 3.76. The third kappa shape index (κ3) is 7.20. The van der Waals surface area contributed by atoms with Crippen molar-refractivity contribution in [1.82, 2.24) is 39.9 Å². The zero-order chi connectivity index (χ0) is 37.5. The van der Waals surface area contributed by atoms with E-state index >= 15 is 0 Å². The molecular formula is C38H41FN10O5. The lowest BCUT2D eigenvalue weighted by Gasteiger charge is -2.44. The maximum absolute atomic E-state index is 14.7. The molecule has 0 spiro atoms. The second-order valence-corrected chi connectivity index (χ2v) is 14.5. The molecule has 3 aromatic heterocycles. The Hall–Kier alpha value is -5.90. The van der Waals surface area contributed by atoms with E-state index in [4.69, 9.17) is 9.84 Å². The zero-order valence-corrected chi connectivity index (χ0v) is 30.0. The van der Waals surface area contributed by atoms with Crippen LogP contribution in [0.1, 0.15) is 66.3 Å². The number of anilines is 2. The normalized spacial score (nSPS) is 18.6. The van der Waals surface area contributed by atoms with Gasteiger partial charge in [-0.1, -0.05) is 0 Å². The molecule has 0 bridgehead atoms. The van der Waals surface area contributed by atoms with E-state index in [0.717, 1.165) is 62.2 Å². The maximum Gasteiger partial charge on any atom is 0.261 e. The van der Waals surface area contributed by atoms with Gasteiger partial charge in [0.2, 0.25) is 11.8 Å². The highest BCUT2D eigenvalue weighted by molar-refractivity contribution is 6.09. The number of nitrogens with one attached hydrogen (secondary N) is 3. The Morgan fingerprint density at radius 2 is 1.87 bits per heavy atom. The molecule has 8 rings (SSSR count). The summed E-state index contributed by atoms with van der Waals surface area (Å²) in [5.41, 5.74) is 2.79. The maximum atomic E-state index is 14.7. The fraction of sp³-hybridized carbons (Fsp3) is 0.395. The number of ether oxygens (including phenoxy) is 1. The van der Waals surface area contributed by atoms with E-state index in [-0.39, 0.29) is 42.4 Å². The van der Waals surface area contributed by atoms with Crippen molar-refractivity contribution in [3.63, 3.8) is 0 Å². The number of imide groups is 1. The second kappa shape index (κ2) is 14.5. The molecule has 1 unspecified atom stereocenters. The van der Waals surface area contributed by atoms with Crippen LogP contribution in [0.5, 0.6) is 5.75 Å². The van der Waals surface area contributed by atoms with Crippen LogP contribution in [0.3, 0.4) is 0 Å². The second-order valence-electron chi connectivity index (χ2n) is 14.5. The van der Waals surface area contributed by atoms with Crippen molar-refractivity contribution >= 4 is 51.6 Å². The van der Waals surface area contributed by atoms with E-state index in [1.54, 1.807) is 29.0 Å². The Bertz CT molecular complexity index is 2260. The predicted molar refractivity (Wildman–Crippen MR) is 197 cm³/mol. The van der Waals surface area contributed by atoms with Crippen LogP contribution in [0.4, 0.5) is 15.8 Å². The van der Waals surface area contributed by atoms with Gasteiger partial charge in [-0.05, 0) is 63.4 Å². The molecule has 54 heavy (non-hydrogen) atoms. The minimum absolute atomic E-state index is 0.113. The number of aromatic nitrogens is 5. The molecule has 0 aliphatic carbocycles. The quantitative estimate of drug-likeness (QED) is 0.180. The molecule has 280 valence electrons. The third-order valence-electron chi connectivity index (χ3n) is 10.3. The van der Waals surface area contributed by atoms with Gasteiger partial charge in [0.15, 0.2) is 5.65 Å². The number of hydrogen-bond acceptors (Lipinski definition) is 10. The van der Waals surface area contributed by atoms with Gasteiger partial charge in [0.25, 0.3) is 11.8 Å². The number of rotatable bonds is 10. The molecule has 3 aliphatic heterocycles. The summed E-state index contributed by atoms with van der Waals surface area (Å²) in [6.45, 7) is 8.24. The number of likely N-dealkylation sites (tertiary alicyclic amines) is 1. The van der Waals surface area contributed by atoms with Crippen molar-refractivity contribution in [2.45, 2.75) is 57.7 Å². The van der Waals surface area contributed by atoms with Crippen LogP contribution in [0.25, 0.3) is 16.6 Å². The number of carbonyl (C=O) groups excluding carboxylic acids is 4. The van der Waals surface area contributed by atoms with Crippen LogP contribution in [0.15, 0.2) is 61.2 Å². The third-order valence-corrected chi connectivity index (χ3v) is 10.3. The smallest absolute Gasteiger partial charge is 0.261 e. The average molecular weight is 737 g/mol. The molecule has 3 saturated heterocycles. The molecule has 2 aromatic carbocycles. The molecule has 0 radical (unpaired) electrons. The molecule has 6 heterocycles. The number of halogens is 1. The standard InChI is InChI=1S/C38H41FN10O5/c1-22(2)54-33-16-31-24(14-32(33)43-37(52)28-17-41-48-11-3-10-40-35(28)48)21-49(45-31)25-8-12-46(13-9-25)18-23-19-47(20-23)26-4-5-29(39)27(15-26)36(51)42-30-6-7-34(50)44-38(30)53/h3-5,10-11,14-17,21-23,25,30H,6-9,12-13,18-20H2,1-2H3,(H,42,51)(H,43,52)(H,44,50,53). The van der Waals surface area contributed by atoms with Crippen molar-refractivity contribution in [3.05, 3.63) is 78.1 Å². The number of hydrogen-bond donors (Lipinski definition) is 3. The van der Waals surface area contributed by atoms with Gasteiger partial charge in [-0.15, -0.1) is 0 Å². The Morgan fingerprint density at radius 1 is 1.06 bits per heavy atom. The molecule has 3 N–H and O–H groups in total. The zero-order valence-electron chi connectivity index (χ0n) is 30.0. The van der Waals surface area contributed by atoms with E-state index in [1.165, 1.54) is 18.3 Å². The summed E-state index contributed by atoms with van der Waals surface area (Å²) in [7, 11) is 0. The van der Waals surface area contributed by atoms with Crippen LogP contribution < -0.4 is 25.6 Å². The molecule has 15 nitrogen and oxygen atoms in total. The summed E-state index contributed by atoms with van der Waals surface area (Å²) in [4.78, 5) is 58.6. The first kappa shape index (κ1) is 35.1. The number of carbonyl (C=O) groups is 4. The van der Waals surface area contributed by atoms with Crippen LogP contribution in [-0.2, 0) is 9.59 Å². The van der Waals surface area contributed by atoms with Gasteiger partial charge in [-0.25, -0.2) is 13.9 Å². The summed E-state index contributed by atoms with van der Waals surface area (Å²) < 4.78 is 24.4. The highest BCUT2D eigenvalue weighted by atomic mass is 19.1. The Balaban J connectivity index is 0.861. The minimum atomic E-state index is -0.874. The fourth-order valence-electron chi connectivity index (χ4n) is 7.46. The number of benzene rings is 2. The van der Waals surface area contributed by atoms with E-state index in [1.807, 2.05) is 36.9 Å². The highest BCUT2D eigenvalue weighted by Gasteiger charge is 2.33. The van der Waals surface area contributed by atoms with Crippen molar-refractivity contribution in [2.75, 3.05) is 42.9 Å². The first-order valence-corrected chi connectivity index (χ1v) is 18.3. The van der Waals surface area contributed by atoms with Gasteiger partial charge in [-0.3, -0.25) is 29.2 Å². The highest BCUT2D eigenvalue weighted by Crippen LogP contribution is 2.34. The van der Waals surface area contributed by atoms with Crippen LogP contribution in [0, 0.1) is 11.7 Å². The van der Waals surface area contributed by atoms with Crippen molar-refractivity contribution in [1.29, 1.82) is 0 Å². The largest absolute Gasteiger partial charge is 0.489 e. The molecule has 16 heteroatoms. The Morgan fingerprint density at radius 3 is 2.65 bits per heavy atom. The SMILES string of the molecule is CC(C)Oc1cc2nn(C3CCN(CC4CN(c5ccc(F)c(C(=O)NC6CCC(=O)NC6=O)c5)C4)CC3)cc2cc1NC(=O)c1cnn2cccnc12. The number of fused-ring (bicyclic) bond motifs is 2. The lowest BCUT2D eigenvalue weighted by atomic mass is 9.96. The topological polar surface area (TPSA) is 168 Å². The van der Waals surface area contributed by atoms with Crippen molar-refractivity contribution in [2.24, 2.45) is 5.92 Å². The van der Waals surface area contributed by atoms with Gasteiger partial charge in [0.05, 0.1) is 35.1 Å². The van der Waals surface area contributed by atoms with Gasteiger partial charge >= 0.3 is 0 Å². The summed E-state index contributed by atoms with van der Waals surface area (Å²) in [6, 6.07) is 9.36. The van der Waals surface area contributed by atoms with Crippen LogP contribution in [0.2, 0.25) is 0 Å². The monoisotopic (exact) mass is 736 g/mol. The number of nitrogens with zero attached hydrogens (tertiary/aromatic N) is 7. The van der Waals surface area contributed by atoms with Crippen molar-refractivity contribution < 1.29 is 28.3 Å². The van der Waals surface area contributed by atoms with Crippen LogP contribution >= 0.6 is 0 Å². The molecular weight excluding hydrogens is 695 g/mol. The summed E-state index contributed by atoms with van der Waals surface area (Å²) >= 11 is 0. The molecule has 4 amide bonds. The minimum Gasteiger partial charge on any atom is -0.489 e. The van der Waals surface area contributed by atoms with E-state index < -0.39 is 23.7 Å². The van der Waals surface area contributed by atoms with E-state index in [9.17, 15) is 23.6 Å². The van der Waals surface area contributed by atoms with E-state index in [0.29, 0.717) is 28.6 Å². The van der Waals surface area contributed by atoms with Crippen molar-refractivity contribution in [3.8, 4) is 5.75 Å². The first-order valence-electron chi connectivity index (χ1n) is 18.3. The van der Waals surface area contributed by atoms with E-state index in [2.05, 4.69) is 35.8 Å². The lowest BCUT2D eigenvalue weighted by Crippen LogP contribution is -2.53. The van der Waals surface area contributed by atoms with Gasteiger partial charge < -0.3 is 25.2 Å². The summed E-state index contributed by atoms with van der Waals surface area (Å²) in [5, 5.41) is 17.8. The van der Waals surface area contributed by atoms with Gasteiger partial charge in [0.1, 0.15) is 23.2 Å². The number of amides is 4. The fourth-order valence-corrected chi connectivity index (χ4v) is 7.46. The molecule has 3 aliphatic rings. The summed E-state index contributed by atoms with van der Waals surface area (Å²) in [5.74, 6) is -1.66. The molecule has 5 aromatic rings. The van der Waals surface area contributed by atoms with Crippen LogP contribution in [-0.4, -0.2) is 97.8 Å². The predicted octanol–water partition coefficient (Wildman–Crippen LogP) is 3.57. The van der Waals surface area contributed by atoms with Gasteiger partial charge in [-0.2, -0.15) is 10.2 Å². The Kier molecular flexibility index (Phi) is 9.43. The molecule has 1 atom stereocenters. The lowest BCUT2D eigenvalue weighted by molar-refractivity contribution is -0.134. The Labute approximate surface area is 309 Å². The number of piperidine rings is 2. The molecule has 3 fully saturated rings. The summed E-state index contributed by atoms with van der Waals surface area (Å²) in [6.07, 6.45) is 8.97. The first-order chi connectivity index (χ1) is 26.1. The van der Waals surface area contributed by atoms with Gasteiger partial charge in [0, 0.05) is 80.8 Å².